The molecular formula is C8H18N2O4S. The summed E-state index contributed by atoms with van der Waals surface area (Å²) in [4.78, 5) is 10.7. The third-order valence-electron chi connectivity index (χ3n) is 1.64. The number of aliphatic hydroxyl groups is 1. The van der Waals surface area contributed by atoms with Gasteiger partial charge in [0.1, 0.15) is 0 Å². The van der Waals surface area contributed by atoms with Crippen molar-refractivity contribution in [3.05, 3.63) is 0 Å². The lowest BCUT2D eigenvalue weighted by Gasteiger charge is -2.21. The zero-order valence-electron chi connectivity index (χ0n) is 9.01. The van der Waals surface area contributed by atoms with Crippen molar-refractivity contribution in [3.8, 4) is 0 Å². The first-order valence-electron chi connectivity index (χ1n) is 4.66. The van der Waals surface area contributed by atoms with E-state index >= 15 is 0 Å². The van der Waals surface area contributed by atoms with Gasteiger partial charge in [-0.1, -0.05) is 13.8 Å². The molecule has 6 nitrogen and oxygen atoms in total. The van der Waals surface area contributed by atoms with Crippen LogP contribution in [0.25, 0.3) is 0 Å². The number of hydrogen-bond acceptors (Lipinski definition) is 4. The molecule has 0 unspecified atom stereocenters. The van der Waals surface area contributed by atoms with Crippen LogP contribution in [0.1, 0.15) is 13.8 Å². The molecule has 0 aliphatic heterocycles. The topological polar surface area (TPSA) is 101 Å². The van der Waals surface area contributed by atoms with Crippen molar-refractivity contribution >= 4 is 15.9 Å². The van der Waals surface area contributed by atoms with E-state index in [1.165, 1.54) is 0 Å². The van der Waals surface area contributed by atoms with Gasteiger partial charge in [-0.3, -0.25) is 4.79 Å². The summed E-state index contributed by atoms with van der Waals surface area (Å²) in [6, 6.07) is 0. The van der Waals surface area contributed by atoms with Crippen molar-refractivity contribution in [3.63, 3.8) is 0 Å². The summed E-state index contributed by atoms with van der Waals surface area (Å²) < 4.78 is 24.1. The van der Waals surface area contributed by atoms with Gasteiger partial charge in [-0.25, -0.2) is 8.42 Å². The van der Waals surface area contributed by atoms with Crippen LogP contribution >= 0.6 is 0 Å². The number of amides is 1. The normalized spacial score (nSPS) is 12.3. The second-order valence-electron chi connectivity index (χ2n) is 3.69. The maximum atomic E-state index is 11.6. The Morgan fingerprint density at radius 1 is 1.47 bits per heavy atom. The van der Waals surface area contributed by atoms with E-state index in [9.17, 15) is 13.2 Å². The number of sulfonamides is 1. The van der Waals surface area contributed by atoms with Crippen LogP contribution in [-0.2, 0) is 14.8 Å². The molecule has 0 aliphatic carbocycles. The molecule has 1 amide bonds. The Kier molecular flexibility index (Phi) is 5.77. The van der Waals surface area contributed by atoms with Gasteiger partial charge in [0, 0.05) is 6.54 Å². The van der Waals surface area contributed by atoms with Gasteiger partial charge in [0.2, 0.25) is 15.9 Å². The molecular weight excluding hydrogens is 220 g/mol. The average molecular weight is 238 g/mol. The zero-order valence-corrected chi connectivity index (χ0v) is 9.83. The lowest BCUT2D eigenvalue weighted by Crippen LogP contribution is -2.42. The summed E-state index contributed by atoms with van der Waals surface area (Å²) in [6.45, 7) is 3.10. The van der Waals surface area contributed by atoms with Gasteiger partial charge < -0.3 is 10.8 Å². The molecule has 0 aliphatic rings. The number of primary amides is 1. The Labute approximate surface area is 90.1 Å². The van der Waals surface area contributed by atoms with E-state index in [1.54, 1.807) is 0 Å². The van der Waals surface area contributed by atoms with Gasteiger partial charge in [0.05, 0.1) is 18.9 Å². The first-order valence-corrected chi connectivity index (χ1v) is 6.27. The Hall–Kier alpha value is -0.660. The molecule has 0 saturated heterocycles. The van der Waals surface area contributed by atoms with Crippen LogP contribution in [-0.4, -0.2) is 49.2 Å². The zero-order chi connectivity index (χ0) is 12.1. The smallest absolute Gasteiger partial charge is 0.232 e. The highest BCUT2D eigenvalue weighted by Crippen LogP contribution is 2.05. The molecule has 15 heavy (non-hydrogen) atoms. The lowest BCUT2D eigenvalue weighted by atomic mass is 10.2. The van der Waals surface area contributed by atoms with Gasteiger partial charge >= 0.3 is 0 Å². The molecule has 3 N–H and O–H groups in total. The maximum Gasteiger partial charge on any atom is 0.232 e. The molecule has 0 aromatic heterocycles. The van der Waals surface area contributed by atoms with E-state index in [-0.39, 0.29) is 24.8 Å². The van der Waals surface area contributed by atoms with Gasteiger partial charge in [0.15, 0.2) is 0 Å². The van der Waals surface area contributed by atoms with Crippen molar-refractivity contribution in [1.29, 1.82) is 0 Å². The van der Waals surface area contributed by atoms with E-state index in [4.69, 9.17) is 10.8 Å². The minimum Gasteiger partial charge on any atom is -0.395 e. The average Bonchev–Trinajstić information content (AvgIpc) is 2.00. The van der Waals surface area contributed by atoms with Crippen LogP contribution in [0.4, 0.5) is 0 Å². The number of hydrogen-bond donors (Lipinski definition) is 2. The van der Waals surface area contributed by atoms with Crippen LogP contribution in [0.3, 0.4) is 0 Å². The van der Waals surface area contributed by atoms with Gasteiger partial charge in [-0.05, 0) is 5.92 Å². The second kappa shape index (κ2) is 6.04. The summed E-state index contributed by atoms with van der Waals surface area (Å²) >= 11 is 0. The summed E-state index contributed by atoms with van der Waals surface area (Å²) in [5.41, 5.74) is 4.95. The van der Waals surface area contributed by atoms with E-state index in [1.807, 2.05) is 13.8 Å². The van der Waals surface area contributed by atoms with E-state index in [2.05, 4.69) is 0 Å². The fourth-order valence-electron chi connectivity index (χ4n) is 1.10. The molecule has 90 valence electrons. The number of carbonyl (C=O) groups excluding carboxylic acids is 1. The van der Waals surface area contributed by atoms with E-state index in [0.717, 1.165) is 4.31 Å². The van der Waals surface area contributed by atoms with E-state index in [0.29, 0.717) is 0 Å². The van der Waals surface area contributed by atoms with Gasteiger partial charge in [-0.15, -0.1) is 0 Å². The molecule has 0 radical (unpaired) electrons. The number of aliphatic hydroxyl groups excluding tert-OH is 1. The SMILES string of the molecule is CC(C)CN(CC(N)=O)S(=O)(=O)CCO. The number of carbonyl (C=O) groups is 1. The minimum atomic E-state index is -3.58. The number of rotatable bonds is 7. The van der Waals surface area contributed by atoms with Crippen molar-refractivity contribution in [2.75, 3.05) is 25.4 Å². The number of nitrogens with two attached hydrogens (primary N) is 1. The quantitative estimate of drug-likeness (QED) is 0.578. The third kappa shape index (κ3) is 5.71. The van der Waals surface area contributed by atoms with Crippen LogP contribution in [0.15, 0.2) is 0 Å². The van der Waals surface area contributed by atoms with Crippen LogP contribution in [0.5, 0.6) is 0 Å². The molecule has 7 heteroatoms. The monoisotopic (exact) mass is 238 g/mol. The third-order valence-corrected chi connectivity index (χ3v) is 3.41. The van der Waals surface area contributed by atoms with E-state index < -0.39 is 22.5 Å². The fraction of sp³-hybridized carbons (Fsp3) is 0.875. The summed E-state index contributed by atoms with van der Waals surface area (Å²) in [5.74, 6) is -0.984. The molecule has 0 spiro atoms. The Balaban J connectivity index is 4.68. The summed E-state index contributed by atoms with van der Waals surface area (Å²) in [7, 11) is -3.58. The largest absolute Gasteiger partial charge is 0.395 e. The summed E-state index contributed by atoms with van der Waals surface area (Å²) in [5, 5.41) is 8.60. The molecule has 0 bridgehead atoms. The second-order valence-corrected chi connectivity index (χ2v) is 5.78. The van der Waals surface area contributed by atoms with Gasteiger partial charge in [0.25, 0.3) is 0 Å². The Morgan fingerprint density at radius 3 is 2.33 bits per heavy atom. The van der Waals surface area contributed by atoms with Crippen LogP contribution in [0.2, 0.25) is 0 Å². The molecule has 0 rings (SSSR count). The molecule has 0 aromatic carbocycles. The van der Waals surface area contributed by atoms with Crippen LogP contribution < -0.4 is 5.73 Å². The molecule has 0 heterocycles. The van der Waals surface area contributed by atoms with Crippen molar-refractivity contribution in [1.82, 2.24) is 4.31 Å². The Morgan fingerprint density at radius 2 is 2.00 bits per heavy atom. The highest BCUT2D eigenvalue weighted by molar-refractivity contribution is 7.89. The maximum absolute atomic E-state index is 11.6. The summed E-state index contributed by atoms with van der Waals surface area (Å²) in [6.07, 6.45) is 0. The predicted molar refractivity (Wildman–Crippen MR) is 56.5 cm³/mol. The highest BCUT2D eigenvalue weighted by Gasteiger charge is 2.23. The standard InChI is InChI=1S/C8H18N2O4S/c1-7(2)5-10(6-8(9)12)15(13,14)4-3-11/h7,11H,3-6H2,1-2H3,(H2,9,12). The van der Waals surface area contributed by atoms with Crippen molar-refractivity contribution < 1.29 is 18.3 Å². The lowest BCUT2D eigenvalue weighted by molar-refractivity contribution is -0.118. The van der Waals surface area contributed by atoms with Crippen molar-refractivity contribution in [2.24, 2.45) is 11.7 Å². The fourth-order valence-corrected chi connectivity index (χ4v) is 2.44. The number of nitrogens with zero attached hydrogens (tertiary/aromatic N) is 1. The molecule has 0 aromatic rings. The first-order chi connectivity index (χ1) is 6.79. The molecule has 0 fully saturated rings. The minimum absolute atomic E-state index is 0.0952. The molecule has 0 saturated carbocycles. The first kappa shape index (κ1) is 14.3. The Bertz CT molecular complexity index is 300. The highest BCUT2D eigenvalue weighted by atomic mass is 32.2. The van der Waals surface area contributed by atoms with Crippen LogP contribution in [0, 0.1) is 5.92 Å². The van der Waals surface area contributed by atoms with Crippen molar-refractivity contribution in [2.45, 2.75) is 13.8 Å². The molecule has 0 atom stereocenters. The predicted octanol–water partition coefficient (Wildman–Crippen LogP) is -1.25. The van der Waals surface area contributed by atoms with Gasteiger partial charge in [-0.2, -0.15) is 4.31 Å².